The van der Waals surface area contributed by atoms with Crippen LogP contribution in [-0.4, -0.2) is 15.0 Å². The van der Waals surface area contributed by atoms with Gasteiger partial charge in [0.25, 0.3) is 5.56 Å². The molecule has 0 spiro atoms. The first-order valence-electron chi connectivity index (χ1n) is 4.85. The first-order chi connectivity index (χ1) is 6.76. The zero-order valence-corrected chi connectivity index (χ0v) is 8.35. The molecule has 0 saturated heterocycles. The van der Waals surface area contributed by atoms with Crippen LogP contribution in [0, 0.1) is 0 Å². The minimum Gasteiger partial charge on any atom is -0.355 e. The molecule has 0 fully saturated rings. The van der Waals surface area contributed by atoms with Gasteiger partial charge in [0, 0.05) is 12.6 Å². The molecule has 2 N–H and O–H groups in total. The summed E-state index contributed by atoms with van der Waals surface area (Å²) in [6.45, 7) is 4.03. The predicted molar refractivity (Wildman–Crippen MR) is 55.5 cm³/mol. The van der Waals surface area contributed by atoms with Crippen molar-refractivity contribution in [3.8, 4) is 0 Å². The van der Waals surface area contributed by atoms with Gasteiger partial charge in [0.05, 0.1) is 5.52 Å². The Morgan fingerprint density at radius 1 is 1.36 bits per heavy atom. The van der Waals surface area contributed by atoms with Crippen LogP contribution in [0.15, 0.2) is 11.0 Å². The summed E-state index contributed by atoms with van der Waals surface area (Å²) in [6, 6.07) is 0. The number of hydrogen-bond donors (Lipinski definition) is 2. The highest BCUT2D eigenvalue weighted by atomic mass is 16.1. The van der Waals surface area contributed by atoms with E-state index in [4.69, 9.17) is 0 Å². The maximum Gasteiger partial charge on any atom is 0.275 e. The third-order valence-corrected chi connectivity index (χ3v) is 2.38. The number of H-pyrrole nitrogens is 2. The molecule has 0 aliphatic rings. The number of aromatic amines is 2. The maximum absolute atomic E-state index is 11.6. The minimum absolute atomic E-state index is 0.0773. The molecule has 0 aliphatic carbocycles. The molecule has 4 nitrogen and oxygen atoms in total. The van der Waals surface area contributed by atoms with Gasteiger partial charge in [-0.1, -0.05) is 13.8 Å². The van der Waals surface area contributed by atoms with E-state index in [1.54, 1.807) is 0 Å². The molecule has 2 rings (SSSR count). The number of nitrogens with zero attached hydrogens (tertiary/aromatic N) is 1. The quantitative estimate of drug-likeness (QED) is 0.753. The van der Waals surface area contributed by atoms with E-state index in [1.807, 2.05) is 13.1 Å². The summed E-state index contributed by atoms with van der Waals surface area (Å²) < 4.78 is 0. The van der Waals surface area contributed by atoms with Crippen molar-refractivity contribution >= 4 is 11.0 Å². The molecule has 2 heterocycles. The van der Waals surface area contributed by atoms with E-state index in [9.17, 15) is 4.79 Å². The van der Waals surface area contributed by atoms with E-state index >= 15 is 0 Å². The standard InChI is InChI=1S/C10H13N3O/c1-3-6-5-11-9-8(6)12-7(4-2)13-10(9)14/h5,11H,3-4H2,1-2H3,(H,12,13,14). The largest absolute Gasteiger partial charge is 0.355 e. The smallest absolute Gasteiger partial charge is 0.275 e. The Morgan fingerprint density at radius 3 is 2.79 bits per heavy atom. The van der Waals surface area contributed by atoms with Crippen LogP contribution in [0.2, 0.25) is 0 Å². The van der Waals surface area contributed by atoms with Crippen LogP contribution in [0.25, 0.3) is 11.0 Å². The number of aryl methyl sites for hydroxylation is 2. The zero-order valence-electron chi connectivity index (χ0n) is 8.35. The van der Waals surface area contributed by atoms with Gasteiger partial charge in [-0.2, -0.15) is 0 Å². The molecule has 0 atom stereocenters. The highest BCUT2D eigenvalue weighted by molar-refractivity contribution is 5.77. The van der Waals surface area contributed by atoms with Gasteiger partial charge in [-0.05, 0) is 12.0 Å². The summed E-state index contributed by atoms with van der Waals surface area (Å²) in [5.41, 5.74) is 2.42. The second kappa shape index (κ2) is 3.29. The lowest BCUT2D eigenvalue weighted by Gasteiger charge is -1.97. The average Bonchev–Trinajstić information content (AvgIpc) is 2.61. The zero-order chi connectivity index (χ0) is 10.1. The van der Waals surface area contributed by atoms with Crippen molar-refractivity contribution in [2.75, 3.05) is 0 Å². The van der Waals surface area contributed by atoms with Crippen LogP contribution in [0.5, 0.6) is 0 Å². The van der Waals surface area contributed by atoms with Crippen molar-refractivity contribution in [1.82, 2.24) is 15.0 Å². The van der Waals surface area contributed by atoms with Gasteiger partial charge in [0.2, 0.25) is 0 Å². The molecule has 0 aromatic carbocycles. The summed E-state index contributed by atoms with van der Waals surface area (Å²) in [7, 11) is 0. The predicted octanol–water partition coefficient (Wildman–Crippen LogP) is 1.38. The van der Waals surface area contributed by atoms with Gasteiger partial charge >= 0.3 is 0 Å². The van der Waals surface area contributed by atoms with Crippen LogP contribution in [0.3, 0.4) is 0 Å². The topological polar surface area (TPSA) is 61.5 Å². The van der Waals surface area contributed by atoms with Gasteiger partial charge < -0.3 is 9.97 Å². The fraction of sp³-hybridized carbons (Fsp3) is 0.400. The summed E-state index contributed by atoms with van der Waals surface area (Å²) >= 11 is 0. The lowest BCUT2D eigenvalue weighted by Crippen LogP contribution is -2.11. The SMILES string of the molecule is CCc1nc2c(CC)c[nH]c2c(=O)[nH]1. The molecule has 0 saturated carbocycles. The van der Waals surface area contributed by atoms with Crippen molar-refractivity contribution in [2.24, 2.45) is 0 Å². The lowest BCUT2D eigenvalue weighted by atomic mass is 10.2. The third kappa shape index (κ3) is 1.23. The molecule has 74 valence electrons. The monoisotopic (exact) mass is 191 g/mol. The van der Waals surface area contributed by atoms with Crippen LogP contribution >= 0.6 is 0 Å². The van der Waals surface area contributed by atoms with E-state index in [2.05, 4.69) is 21.9 Å². The first kappa shape index (κ1) is 8.99. The number of fused-ring (bicyclic) bond motifs is 1. The fourth-order valence-corrected chi connectivity index (χ4v) is 1.55. The Bertz CT molecular complexity index is 510. The van der Waals surface area contributed by atoms with E-state index < -0.39 is 0 Å². The Labute approximate surface area is 81.4 Å². The number of rotatable bonds is 2. The summed E-state index contributed by atoms with van der Waals surface area (Å²) in [5.74, 6) is 0.747. The summed E-state index contributed by atoms with van der Waals surface area (Å²) in [6.07, 6.45) is 3.49. The molecule has 14 heavy (non-hydrogen) atoms. The second-order valence-electron chi connectivity index (χ2n) is 3.26. The van der Waals surface area contributed by atoms with E-state index in [0.717, 1.165) is 29.7 Å². The summed E-state index contributed by atoms with van der Waals surface area (Å²) in [4.78, 5) is 21.7. The molecular formula is C10H13N3O. The minimum atomic E-state index is -0.0773. The Morgan fingerprint density at radius 2 is 2.14 bits per heavy atom. The Hall–Kier alpha value is -1.58. The maximum atomic E-state index is 11.6. The van der Waals surface area contributed by atoms with E-state index in [0.29, 0.717) is 5.52 Å². The molecule has 0 unspecified atom stereocenters. The Kier molecular flexibility index (Phi) is 2.11. The summed E-state index contributed by atoms with van der Waals surface area (Å²) in [5, 5.41) is 0. The van der Waals surface area contributed by atoms with Gasteiger partial charge in [0.15, 0.2) is 0 Å². The molecule has 0 bridgehead atoms. The fourth-order valence-electron chi connectivity index (χ4n) is 1.55. The van der Waals surface area contributed by atoms with Crippen molar-refractivity contribution in [2.45, 2.75) is 26.7 Å². The van der Waals surface area contributed by atoms with Crippen LogP contribution in [-0.2, 0) is 12.8 Å². The van der Waals surface area contributed by atoms with Gasteiger partial charge in [-0.25, -0.2) is 4.98 Å². The van der Waals surface area contributed by atoms with E-state index in [-0.39, 0.29) is 5.56 Å². The number of aromatic nitrogens is 3. The number of hydrogen-bond acceptors (Lipinski definition) is 2. The molecule has 0 aliphatic heterocycles. The van der Waals surface area contributed by atoms with Crippen LogP contribution in [0.4, 0.5) is 0 Å². The molecule has 2 aromatic rings. The third-order valence-electron chi connectivity index (χ3n) is 2.38. The van der Waals surface area contributed by atoms with Crippen LogP contribution in [0.1, 0.15) is 25.2 Å². The Balaban J connectivity index is 2.80. The highest BCUT2D eigenvalue weighted by Gasteiger charge is 2.07. The van der Waals surface area contributed by atoms with Crippen molar-refractivity contribution in [1.29, 1.82) is 0 Å². The van der Waals surface area contributed by atoms with Crippen LogP contribution < -0.4 is 5.56 Å². The van der Waals surface area contributed by atoms with Gasteiger partial charge in [-0.15, -0.1) is 0 Å². The molecule has 0 amide bonds. The van der Waals surface area contributed by atoms with E-state index in [1.165, 1.54) is 0 Å². The normalized spacial score (nSPS) is 11.0. The lowest BCUT2D eigenvalue weighted by molar-refractivity contribution is 0.940. The molecule has 2 aromatic heterocycles. The molecule has 0 radical (unpaired) electrons. The number of nitrogens with one attached hydrogen (secondary N) is 2. The molecule has 4 heteroatoms. The highest BCUT2D eigenvalue weighted by Crippen LogP contribution is 2.12. The van der Waals surface area contributed by atoms with Crippen molar-refractivity contribution < 1.29 is 0 Å². The van der Waals surface area contributed by atoms with Crippen molar-refractivity contribution in [3.63, 3.8) is 0 Å². The average molecular weight is 191 g/mol. The molecular weight excluding hydrogens is 178 g/mol. The van der Waals surface area contributed by atoms with Gasteiger partial charge in [0.1, 0.15) is 11.3 Å². The van der Waals surface area contributed by atoms with Gasteiger partial charge in [-0.3, -0.25) is 4.79 Å². The first-order valence-corrected chi connectivity index (χ1v) is 4.85. The van der Waals surface area contributed by atoms with Crippen molar-refractivity contribution in [3.05, 3.63) is 27.9 Å². The second-order valence-corrected chi connectivity index (χ2v) is 3.26.